The molecule has 26 aromatic rings. The molecule has 17 aromatic heterocycles. The molecule has 150 heavy (non-hydrogen) atoms. The number of pyridine rings is 15. The summed E-state index contributed by atoms with van der Waals surface area (Å²) in [5.41, 5.74) is 34.5. The van der Waals surface area contributed by atoms with Gasteiger partial charge < -0.3 is 8.83 Å². The molecule has 17 heterocycles. The van der Waals surface area contributed by atoms with Gasteiger partial charge in [-0.15, -0.1) is 20.4 Å². The van der Waals surface area contributed by atoms with Crippen LogP contribution >= 0.6 is 0 Å². The van der Waals surface area contributed by atoms with E-state index < -0.39 is 0 Å². The molecule has 708 valence electrons. The number of hydrogen-bond donors (Lipinski definition) is 0. The average molecular weight is 1930 g/mol. The Balaban J connectivity index is 0.000000111. The molecule has 0 saturated heterocycles. The summed E-state index contributed by atoms with van der Waals surface area (Å²) >= 11 is 0. The van der Waals surface area contributed by atoms with E-state index in [-0.39, 0.29) is 0 Å². The Hall–Kier alpha value is -21.0. The standard InChI is InChI=1S/C39H27N3.C36H24N6.C30H18N8O2.C24H16N2/c1-4-19-40-37(16-1)31-13-7-10-28(22-31)34-25-35(29-11-8-14-32(23-29)38-17-2-5-20-41-38)27-36(26-34)30-12-9-15-33(24-30)39-18-3-6-21-42-39;1-4-16-37-31(7-1)27-12-13-32(40-24-27)30-20-28(25-10-14-35(41-22-25)33-8-2-5-17-38-33)19-29(21-30)26-11-15-36(42-23-26)34-9-3-6-18-39-34;1-3-16-31-21(10-1)23-12-6-14-25(33-23)29-37-35-27(39-29)19-8-5-9-20(18-19)28-36-38-30(40-28)26-15-7-13-24(34-26)22-11-2-4-17-32-22;1-2-6-20-19(5-1)23(17-9-13-25-14-10-17)21-7-3-4-8-22(21)24(20)18-11-15-26-16-12-18/h1-27H;1-24H;1-18H;1-16H. The summed E-state index contributed by atoms with van der Waals surface area (Å²) < 4.78 is 12.0. The monoisotopic (exact) mass is 1930 g/mol. The molecule has 0 saturated carbocycles. The lowest BCUT2D eigenvalue weighted by molar-refractivity contribution is 0.580. The van der Waals surface area contributed by atoms with Crippen LogP contribution in [0.1, 0.15) is 0 Å². The maximum atomic E-state index is 5.98. The fourth-order valence-electron chi connectivity index (χ4n) is 18.0. The number of fused-ring (bicyclic) bond motifs is 2. The van der Waals surface area contributed by atoms with Crippen molar-refractivity contribution in [2.24, 2.45) is 0 Å². The van der Waals surface area contributed by atoms with Crippen LogP contribution in [-0.2, 0) is 0 Å². The van der Waals surface area contributed by atoms with Gasteiger partial charge in [0, 0.05) is 143 Å². The zero-order valence-corrected chi connectivity index (χ0v) is 80.4. The second-order valence-electron chi connectivity index (χ2n) is 34.9. The molecule has 21 nitrogen and oxygen atoms in total. The van der Waals surface area contributed by atoms with E-state index in [4.69, 9.17) is 23.8 Å². The maximum absolute atomic E-state index is 5.98. The summed E-state index contributed by atoms with van der Waals surface area (Å²) in [6.45, 7) is 0. The first-order valence-electron chi connectivity index (χ1n) is 48.6. The summed E-state index contributed by atoms with van der Waals surface area (Å²) in [5, 5.41) is 21.9. The van der Waals surface area contributed by atoms with Crippen molar-refractivity contribution in [2.75, 3.05) is 0 Å². The molecular formula is C129H85N19O2. The number of benzene rings is 9. The highest BCUT2D eigenvalue weighted by atomic mass is 16.4. The van der Waals surface area contributed by atoms with Gasteiger partial charge in [0.15, 0.2) is 0 Å². The van der Waals surface area contributed by atoms with Gasteiger partial charge in [0.1, 0.15) is 11.4 Å². The van der Waals surface area contributed by atoms with Gasteiger partial charge in [-0.2, -0.15) is 0 Å². The van der Waals surface area contributed by atoms with Crippen molar-refractivity contribution in [3.05, 3.63) is 518 Å². The van der Waals surface area contributed by atoms with E-state index >= 15 is 0 Å². The predicted octanol–water partition coefficient (Wildman–Crippen LogP) is 30.1. The number of aromatic nitrogens is 19. The minimum absolute atomic E-state index is 0.303. The van der Waals surface area contributed by atoms with Gasteiger partial charge in [0.2, 0.25) is 11.8 Å². The van der Waals surface area contributed by atoms with Gasteiger partial charge >= 0.3 is 0 Å². The molecule has 0 N–H and O–H groups in total. The Labute approximate surface area is 863 Å². The van der Waals surface area contributed by atoms with Crippen molar-refractivity contribution in [3.8, 4) is 226 Å². The van der Waals surface area contributed by atoms with Crippen molar-refractivity contribution >= 4 is 21.5 Å². The highest BCUT2D eigenvalue weighted by molar-refractivity contribution is 6.21. The Morgan fingerprint density at radius 2 is 0.360 bits per heavy atom. The van der Waals surface area contributed by atoms with Crippen LogP contribution in [0, 0.1) is 0 Å². The van der Waals surface area contributed by atoms with E-state index in [1.54, 1.807) is 31.0 Å². The Morgan fingerprint density at radius 1 is 0.127 bits per heavy atom. The van der Waals surface area contributed by atoms with Gasteiger partial charge in [0.25, 0.3) is 11.8 Å². The van der Waals surface area contributed by atoms with Crippen molar-refractivity contribution in [3.63, 3.8) is 0 Å². The molecule has 0 aliphatic carbocycles. The van der Waals surface area contributed by atoms with Gasteiger partial charge in [-0.05, 0) is 331 Å². The topological polar surface area (TPSA) is 271 Å². The van der Waals surface area contributed by atoms with Crippen LogP contribution in [0.25, 0.3) is 247 Å². The fourth-order valence-corrected chi connectivity index (χ4v) is 18.0. The smallest absolute Gasteiger partial charge is 0.266 e. The highest BCUT2D eigenvalue weighted by Gasteiger charge is 2.22. The molecule has 0 aliphatic heterocycles. The van der Waals surface area contributed by atoms with Crippen LogP contribution in [0.15, 0.2) is 526 Å². The molecule has 0 fully saturated rings. The lowest BCUT2D eigenvalue weighted by Gasteiger charge is -2.17. The quantitative estimate of drug-likeness (QED) is 0.0641. The summed E-state index contributed by atoms with van der Waals surface area (Å²) in [4.78, 5) is 67.7. The molecule has 21 heteroatoms. The van der Waals surface area contributed by atoms with Gasteiger partial charge in [-0.25, -0.2) is 9.97 Å². The molecule has 0 atom stereocenters. The van der Waals surface area contributed by atoms with Crippen LogP contribution in [0.3, 0.4) is 0 Å². The van der Waals surface area contributed by atoms with Crippen molar-refractivity contribution in [2.45, 2.75) is 0 Å². The SMILES string of the molecule is c1ccc(-c2ccc(-c3cc(-c4ccc(-c5ccccn5)nc4)cc(-c4ccc(-c5ccccn5)nc4)c3)nc2)nc1.c1ccc(-c2cccc(-c3cc(-c4cccc(-c5ccccn5)c4)cc(-c4cccc(-c5ccccn5)c4)c3)c2)nc1.c1ccc(-c2cccc(-c3nnc(-c4cccc(-c5nnc(-c6cccc(-c7ccccn7)n6)o5)c4)o3)n2)nc1.c1ccc2c(-c3ccncc3)c3ccccc3c(-c3ccncc3)c2c1. The molecule has 0 unspecified atom stereocenters. The van der Waals surface area contributed by atoms with Gasteiger partial charge in [0.05, 0.1) is 74.0 Å². The molecule has 0 spiro atoms. The number of hydrogen-bond acceptors (Lipinski definition) is 21. The lowest BCUT2D eigenvalue weighted by Crippen LogP contribution is -1.92. The van der Waals surface area contributed by atoms with Crippen LogP contribution in [0.5, 0.6) is 0 Å². The van der Waals surface area contributed by atoms with Crippen LogP contribution in [-0.4, -0.2) is 95.2 Å². The summed E-state index contributed by atoms with van der Waals surface area (Å²) in [6.07, 6.45) is 27.4. The van der Waals surface area contributed by atoms with E-state index in [1.165, 1.54) is 43.8 Å². The molecule has 9 aromatic carbocycles. The molecular weight excluding hydrogens is 1850 g/mol. The Bertz CT molecular complexity index is 8370. The van der Waals surface area contributed by atoms with Crippen LogP contribution in [0.2, 0.25) is 0 Å². The van der Waals surface area contributed by atoms with E-state index in [9.17, 15) is 0 Å². The first-order chi connectivity index (χ1) is 74.3. The van der Waals surface area contributed by atoms with Gasteiger partial charge in [-0.1, -0.05) is 182 Å². The van der Waals surface area contributed by atoms with Crippen LogP contribution < -0.4 is 0 Å². The predicted molar refractivity (Wildman–Crippen MR) is 592 cm³/mol. The molecule has 0 aliphatic rings. The highest BCUT2D eigenvalue weighted by Crippen LogP contribution is 2.45. The van der Waals surface area contributed by atoms with E-state index in [2.05, 4.69) is 280 Å². The zero-order valence-electron chi connectivity index (χ0n) is 80.4. The third-order valence-corrected chi connectivity index (χ3v) is 25.3. The Kier molecular flexibility index (Phi) is 27.1. The average Bonchev–Trinajstić information content (AvgIpc) is 0.799. The summed E-state index contributed by atoms with van der Waals surface area (Å²) in [5.74, 6) is 1.28. The van der Waals surface area contributed by atoms with Crippen molar-refractivity contribution in [1.82, 2.24) is 95.2 Å². The lowest BCUT2D eigenvalue weighted by atomic mass is 9.86. The van der Waals surface area contributed by atoms with Crippen molar-refractivity contribution < 1.29 is 8.83 Å². The minimum atomic E-state index is 0.303. The third-order valence-electron chi connectivity index (χ3n) is 25.3. The van der Waals surface area contributed by atoms with E-state index in [0.717, 1.165) is 146 Å². The second kappa shape index (κ2) is 43.9. The van der Waals surface area contributed by atoms with Crippen LogP contribution in [0.4, 0.5) is 0 Å². The summed E-state index contributed by atoms with van der Waals surface area (Å²) in [6, 6.07) is 143. The van der Waals surface area contributed by atoms with Crippen molar-refractivity contribution in [1.29, 1.82) is 0 Å². The number of nitrogens with zero attached hydrogens (tertiary/aromatic N) is 19. The first-order valence-corrected chi connectivity index (χ1v) is 48.6. The first kappa shape index (κ1) is 92.7. The fraction of sp³-hybridized carbons (Fsp3) is 0. The molecule has 0 bridgehead atoms. The zero-order chi connectivity index (χ0) is 100. The van der Waals surface area contributed by atoms with E-state index in [0.29, 0.717) is 57.5 Å². The molecule has 0 amide bonds. The maximum Gasteiger partial charge on any atom is 0.266 e. The second-order valence-corrected chi connectivity index (χ2v) is 34.9. The normalized spacial score (nSPS) is 10.9. The molecule has 0 radical (unpaired) electrons. The molecule has 26 rings (SSSR count). The third kappa shape index (κ3) is 21.1. The largest absolute Gasteiger partial charge is 0.415 e. The summed E-state index contributed by atoms with van der Waals surface area (Å²) in [7, 11) is 0. The minimum Gasteiger partial charge on any atom is -0.415 e. The van der Waals surface area contributed by atoms with E-state index in [1.807, 2.05) is 286 Å². The van der Waals surface area contributed by atoms with Gasteiger partial charge in [-0.3, -0.25) is 64.8 Å². The Morgan fingerprint density at radius 3 is 0.687 bits per heavy atom. The number of rotatable bonds is 20.